The van der Waals surface area contributed by atoms with Crippen LogP contribution < -0.4 is 15.8 Å². The minimum absolute atomic E-state index is 0.172. The van der Waals surface area contributed by atoms with Gasteiger partial charge in [-0.25, -0.2) is 0 Å². The summed E-state index contributed by atoms with van der Waals surface area (Å²) in [6.07, 6.45) is 2.74. The molecule has 3 N–H and O–H groups in total. The van der Waals surface area contributed by atoms with Crippen LogP contribution in [-0.4, -0.2) is 36.9 Å². The van der Waals surface area contributed by atoms with Crippen LogP contribution >= 0.6 is 0 Å². The summed E-state index contributed by atoms with van der Waals surface area (Å²) in [6.45, 7) is 1.74. The molecule has 0 unspecified atom stereocenters. The number of rotatable bonds is 9. The van der Waals surface area contributed by atoms with Gasteiger partial charge < -0.3 is 20.7 Å². The molecule has 3 rings (SSSR count). The normalized spacial score (nSPS) is 13.1. The van der Waals surface area contributed by atoms with Crippen LogP contribution in [0, 0.1) is 5.92 Å². The van der Waals surface area contributed by atoms with Crippen LogP contribution in [0.15, 0.2) is 48.5 Å². The van der Waals surface area contributed by atoms with Gasteiger partial charge in [0.05, 0.1) is 12.7 Å². The Kier molecular flexibility index (Phi) is 6.66. The number of para-hydroxylation sites is 1. The van der Waals surface area contributed by atoms with E-state index < -0.39 is 0 Å². The lowest BCUT2D eigenvalue weighted by Crippen LogP contribution is -2.33. The zero-order valence-corrected chi connectivity index (χ0v) is 16.2. The highest BCUT2D eigenvalue weighted by Gasteiger charge is 2.33. The Balaban J connectivity index is 1.70. The van der Waals surface area contributed by atoms with E-state index in [1.54, 1.807) is 25.3 Å². The molecule has 2 aromatic carbocycles. The van der Waals surface area contributed by atoms with Crippen LogP contribution in [-0.2, 0) is 11.3 Å². The summed E-state index contributed by atoms with van der Waals surface area (Å²) in [7, 11) is 1.54. The van der Waals surface area contributed by atoms with Crippen molar-refractivity contribution in [2.75, 3.05) is 25.5 Å². The Morgan fingerprint density at radius 1 is 1.18 bits per heavy atom. The van der Waals surface area contributed by atoms with Gasteiger partial charge in [-0.05, 0) is 55.6 Å². The molecule has 1 saturated carbocycles. The molecule has 28 heavy (non-hydrogen) atoms. The number of anilines is 1. The second-order valence-corrected chi connectivity index (χ2v) is 7.03. The Morgan fingerprint density at radius 3 is 2.68 bits per heavy atom. The second kappa shape index (κ2) is 9.37. The van der Waals surface area contributed by atoms with E-state index in [4.69, 9.17) is 10.5 Å². The van der Waals surface area contributed by atoms with E-state index in [-0.39, 0.29) is 17.7 Å². The molecular formula is C22H27N3O3. The fourth-order valence-corrected chi connectivity index (χ4v) is 3.14. The quantitative estimate of drug-likeness (QED) is 0.699. The first-order chi connectivity index (χ1) is 13.6. The highest BCUT2D eigenvalue weighted by molar-refractivity contribution is 6.06. The molecule has 0 atom stereocenters. The van der Waals surface area contributed by atoms with Crippen molar-refractivity contribution in [2.45, 2.75) is 25.8 Å². The maximum Gasteiger partial charge on any atom is 0.259 e. The van der Waals surface area contributed by atoms with E-state index >= 15 is 0 Å². The molecule has 0 aliphatic heterocycles. The fourth-order valence-electron chi connectivity index (χ4n) is 3.14. The molecule has 1 aliphatic rings. The summed E-state index contributed by atoms with van der Waals surface area (Å²) in [5.74, 6) is 0.672. The first-order valence-electron chi connectivity index (χ1n) is 9.64. The van der Waals surface area contributed by atoms with Gasteiger partial charge in [-0.1, -0.05) is 24.3 Å². The first kappa shape index (κ1) is 19.9. The summed E-state index contributed by atoms with van der Waals surface area (Å²) >= 11 is 0. The molecule has 6 heteroatoms. The number of ether oxygens (including phenoxy) is 1. The van der Waals surface area contributed by atoms with Gasteiger partial charge in [0.2, 0.25) is 5.91 Å². The maximum absolute atomic E-state index is 12.6. The lowest BCUT2D eigenvalue weighted by molar-refractivity contribution is -0.133. The van der Waals surface area contributed by atoms with Gasteiger partial charge in [0.25, 0.3) is 5.91 Å². The predicted molar refractivity (Wildman–Crippen MR) is 109 cm³/mol. The SMILES string of the molecule is COc1ccccc1C(=O)Nc1cccc(CN(CCCN)C(=O)C2CC2)c1. The van der Waals surface area contributed by atoms with Crippen LogP contribution in [0.25, 0.3) is 0 Å². The summed E-state index contributed by atoms with van der Waals surface area (Å²) in [4.78, 5) is 27.0. The third-order valence-corrected chi connectivity index (χ3v) is 4.78. The van der Waals surface area contributed by atoms with Gasteiger partial charge in [-0.15, -0.1) is 0 Å². The van der Waals surface area contributed by atoms with E-state index in [1.807, 2.05) is 35.2 Å². The van der Waals surface area contributed by atoms with Crippen molar-refractivity contribution in [3.05, 3.63) is 59.7 Å². The fraction of sp³-hybridized carbons (Fsp3) is 0.364. The largest absolute Gasteiger partial charge is 0.496 e. The van der Waals surface area contributed by atoms with E-state index in [1.165, 1.54) is 0 Å². The minimum Gasteiger partial charge on any atom is -0.496 e. The Morgan fingerprint density at radius 2 is 1.96 bits per heavy atom. The van der Waals surface area contributed by atoms with Crippen molar-refractivity contribution in [1.29, 1.82) is 0 Å². The summed E-state index contributed by atoms with van der Waals surface area (Å²) in [5.41, 5.74) is 7.76. The number of carbonyl (C=O) groups excluding carboxylic acids is 2. The Bertz CT molecular complexity index is 833. The summed E-state index contributed by atoms with van der Waals surface area (Å²) in [6, 6.07) is 14.7. The van der Waals surface area contributed by atoms with Crippen molar-refractivity contribution in [3.63, 3.8) is 0 Å². The zero-order chi connectivity index (χ0) is 19.9. The molecule has 0 bridgehead atoms. The van der Waals surface area contributed by atoms with Crippen molar-refractivity contribution in [1.82, 2.24) is 4.90 Å². The van der Waals surface area contributed by atoms with Gasteiger partial charge in [0.15, 0.2) is 0 Å². The number of carbonyl (C=O) groups is 2. The van der Waals surface area contributed by atoms with Crippen molar-refractivity contribution in [3.8, 4) is 5.75 Å². The monoisotopic (exact) mass is 381 g/mol. The second-order valence-electron chi connectivity index (χ2n) is 7.03. The smallest absolute Gasteiger partial charge is 0.259 e. The van der Waals surface area contributed by atoms with Crippen LogP contribution in [0.1, 0.15) is 35.2 Å². The van der Waals surface area contributed by atoms with Gasteiger partial charge in [0, 0.05) is 24.7 Å². The molecule has 0 heterocycles. The van der Waals surface area contributed by atoms with Crippen molar-refractivity contribution in [2.24, 2.45) is 11.7 Å². The molecule has 0 saturated heterocycles. The predicted octanol–water partition coefficient (Wildman–Crippen LogP) is 3.03. The van der Waals surface area contributed by atoms with E-state index in [0.717, 1.165) is 24.8 Å². The standard InChI is InChI=1S/C22H27N3O3/c1-28-20-9-3-2-8-19(20)21(26)24-18-7-4-6-16(14-18)15-25(13-5-12-23)22(27)17-10-11-17/h2-4,6-9,14,17H,5,10-13,15,23H2,1H3,(H,24,26). The maximum atomic E-state index is 12.6. The third kappa shape index (κ3) is 5.10. The number of hydrogen-bond donors (Lipinski definition) is 2. The summed E-state index contributed by atoms with van der Waals surface area (Å²) in [5, 5.41) is 2.91. The number of nitrogens with two attached hydrogens (primary N) is 1. The van der Waals surface area contributed by atoms with E-state index in [0.29, 0.717) is 36.6 Å². The number of nitrogens with one attached hydrogen (secondary N) is 1. The lowest BCUT2D eigenvalue weighted by atomic mass is 10.1. The molecule has 2 aromatic rings. The van der Waals surface area contributed by atoms with Crippen molar-refractivity contribution >= 4 is 17.5 Å². The molecular weight excluding hydrogens is 354 g/mol. The molecule has 2 amide bonds. The topological polar surface area (TPSA) is 84.7 Å². The number of hydrogen-bond acceptors (Lipinski definition) is 4. The molecule has 0 spiro atoms. The van der Waals surface area contributed by atoms with Crippen LogP contribution in [0.4, 0.5) is 5.69 Å². The summed E-state index contributed by atoms with van der Waals surface area (Å²) < 4.78 is 5.26. The number of amides is 2. The Labute approximate surface area is 165 Å². The minimum atomic E-state index is -0.233. The third-order valence-electron chi connectivity index (χ3n) is 4.78. The van der Waals surface area contributed by atoms with E-state index in [9.17, 15) is 9.59 Å². The zero-order valence-electron chi connectivity index (χ0n) is 16.2. The first-order valence-corrected chi connectivity index (χ1v) is 9.64. The Hall–Kier alpha value is -2.86. The molecule has 0 aromatic heterocycles. The average Bonchev–Trinajstić information content (AvgIpc) is 3.56. The van der Waals surface area contributed by atoms with E-state index in [2.05, 4.69) is 5.32 Å². The van der Waals surface area contributed by atoms with Crippen molar-refractivity contribution < 1.29 is 14.3 Å². The molecule has 1 fully saturated rings. The highest BCUT2D eigenvalue weighted by Crippen LogP contribution is 2.31. The van der Waals surface area contributed by atoms with Crippen LogP contribution in [0.2, 0.25) is 0 Å². The van der Waals surface area contributed by atoms with Crippen LogP contribution in [0.3, 0.4) is 0 Å². The van der Waals surface area contributed by atoms with Crippen LogP contribution in [0.5, 0.6) is 5.75 Å². The molecule has 0 radical (unpaired) electrons. The molecule has 6 nitrogen and oxygen atoms in total. The lowest BCUT2D eigenvalue weighted by Gasteiger charge is -2.23. The average molecular weight is 381 g/mol. The molecule has 148 valence electrons. The number of benzene rings is 2. The molecule has 1 aliphatic carbocycles. The number of nitrogens with zero attached hydrogens (tertiary/aromatic N) is 1. The van der Waals surface area contributed by atoms with Gasteiger partial charge in [-0.3, -0.25) is 9.59 Å². The van der Waals surface area contributed by atoms with Gasteiger partial charge in [-0.2, -0.15) is 0 Å². The number of methoxy groups -OCH3 is 1. The highest BCUT2D eigenvalue weighted by atomic mass is 16.5. The van der Waals surface area contributed by atoms with Gasteiger partial charge >= 0.3 is 0 Å². The van der Waals surface area contributed by atoms with Gasteiger partial charge in [0.1, 0.15) is 5.75 Å².